The number of hydrazone groups is 2. The third-order valence-corrected chi connectivity index (χ3v) is 4.70. The molecule has 0 bridgehead atoms. The van der Waals surface area contributed by atoms with Crippen molar-refractivity contribution in [2.45, 2.75) is 13.8 Å². The smallest absolute Gasteiger partial charge is 0.257 e. The van der Waals surface area contributed by atoms with E-state index < -0.39 is 11.8 Å². The van der Waals surface area contributed by atoms with Gasteiger partial charge in [0.05, 0.1) is 23.2 Å². The molecule has 0 fully saturated rings. The predicted molar refractivity (Wildman–Crippen MR) is 101 cm³/mol. The summed E-state index contributed by atoms with van der Waals surface area (Å²) in [7, 11) is 0. The van der Waals surface area contributed by atoms with Gasteiger partial charge in [0.1, 0.15) is 0 Å². The van der Waals surface area contributed by atoms with Gasteiger partial charge >= 0.3 is 0 Å². The Hall–Kier alpha value is -3.28. The molecule has 26 heavy (non-hydrogen) atoms. The van der Waals surface area contributed by atoms with Crippen molar-refractivity contribution in [3.8, 4) is 0 Å². The van der Waals surface area contributed by atoms with Gasteiger partial charge in [-0.05, 0) is 38.1 Å². The minimum atomic E-state index is -0.625. The van der Waals surface area contributed by atoms with Crippen LogP contribution in [-0.2, 0) is 9.59 Å². The van der Waals surface area contributed by atoms with E-state index in [0.29, 0.717) is 22.8 Å². The molecule has 0 aliphatic carbocycles. The van der Waals surface area contributed by atoms with E-state index in [2.05, 4.69) is 10.2 Å². The Kier molecular flexibility index (Phi) is 3.88. The van der Waals surface area contributed by atoms with Crippen LogP contribution in [0.1, 0.15) is 13.8 Å². The molecule has 130 valence electrons. The summed E-state index contributed by atoms with van der Waals surface area (Å²) in [5.41, 5.74) is 2.64. The van der Waals surface area contributed by atoms with Gasteiger partial charge in [-0.15, -0.1) is 0 Å². The molecule has 2 atom stereocenters. The SMILES string of the molecule is CC1=NN(c2ccccc2)C(=O)C1C1C(=O)N(c2ccccc2)N=C1C. The monoisotopic (exact) mass is 346 g/mol. The summed E-state index contributed by atoms with van der Waals surface area (Å²) in [5, 5.41) is 11.6. The van der Waals surface area contributed by atoms with Crippen LogP contribution in [0.5, 0.6) is 0 Å². The lowest BCUT2D eigenvalue weighted by molar-refractivity contribution is -0.126. The normalized spacial score (nSPS) is 22.7. The Morgan fingerprint density at radius 1 is 0.654 bits per heavy atom. The van der Waals surface area contributed by atoms with Crippen LogP contribution in [0.4, 0.5) is 11.4 Å². The highest BCUT2D eigenvalue weighted by molar-refractivity contribution is 6.25. The van der Waals surface area contributed by atoms with Gasteiger partial charge in [0, 0.05) is 11.4 Å². The second-order valence-electron chi connectivity index (χ2n) is 6.41. The lowest BCUT2D eigenvalue weighted by Crippen LogP contribution is -2.40. The standard InChI is InChI=1S/C20H18N4O2/c1-13-17(19(25)23(21-13)15-9-5-3-6-10-15)18-14(2)22-24(20(18)26)16-11-7-4-8-12-16/h3-12,17-18H,1-2H3. The van der Waals surface area contributed by atoms with E-state index in [9.17, 15) is 9.59 Å². The number of benzene rings is 2. The van der Waals surface area contributed by atoms with Crippen molar-refractivity contribution >= 4 is 34.6 Å². The third kappa shape index (κ3) is 2.50. The maximum Gasteiger partial charge on any atom is 0.257 e. The lowest BCUT2D eigenvalue weighted by atomic mass is 9.85. The number of rotatable bonds is 3. The van der Waals surface area contributed by atoms with E-state index >= 15 is 0 Å². The first-order valence-electron chi connectivity index (χ1n) is 8.46. The third-order valence-electron chi connectivity index (χ3n) is 4.70. The fourth-order valence-electron chi connectivity index (χ4n) is 3.44. The van der Waals surface area contributed by atoms with E-state index in [1.165, 1.54) is 10.0 Å². The Morgan fingerprint density at radius 3 is 1.35 bits per heavy atom. The first-order chi connectivity index (χ1) is 12.6. The van der Waals surface area contributed by atoms with E-state index in [4.69, 9.17) is 0 Å². The highest BCUT2D eigenvalue weighted by Crippen LogP contribution is 2.34. The van der Waals surface area contributed by atoms with Gasteiger partial charge in [-0.25, -0.2) is 10.0 Å². The van der Waals surface area contributed by atoms with Crippen molar-refractivity contribution in [2.75, 3.05) is 10.0 Å². The lowest BCUT2D eigenvalue weighted by Gasteiger charge is -2.19. The van der Waals surface area contributed by atoms with Crippen molar-refractivity contribution in [1.29, 1.82) is 0 Å². The topological polar surface area (TPSA) is 65.3 Å². The van der Waals surface area contributed by atoms with Crippen LogP contribution in [0.25, 0.3) is 0 Å². The van der Waals surface area contributed by atoms with Gasteiger partial charge in [0.2, 0.25) is 0 Å². The van der Waals surface area contributed by atoms with Gasteiger partial charge in [-0.2, -0.15) is 10.2 Å². The fraction of sp³-hybridized carbons (Fsp3) is 0.200. The van der Waals surface area contributed by atoms with Crippen molar-refractivity contribution < 1.29 is 9.59 Å². The average Bonchev–Trinajstić information content (AvgIpc) is 3.12. The molecular formula is C20H18N4O2. The molecule has 0 spiro atoms. The zero-order chi connectivity index (χ0) is 18.3. The van der Waals surface area contributed by atoms with Crippen LogP contribution >= 0.6 is 0 Å². The summed E-state index contributed by atoms with van der Waals surface area (Å²) in [5.74, 6) is -1.65. The zero-order valence-corrected chi connectivity index (χ0v) is 14.5. The summed E-state index contributed by atoms with van der Waals surface area (Å²) < 4.78 is 0. The van der Waals surface area contributed by atoms with Gasteiger partial charge in [-0.1, -0.05) is 36.4 Å². The van der Waals surface area contributed by atoms with Gasteiger partial charge in [-0.3, -0.25) is 9.59 Å². The Balaban J connectivity index is 1.64. The van der Waals surface area contributed by atoms with Gasteiger partial charge in [0.15, 0.2) is 0 Å². The molecule has 2 aliphatic rings. The highest BCUT2D eigenvalue weighted by Gasteiger charge is 2.48. The fourth-order valence-corrected chi connectivity index (χ4v) is 3.44. The average molecular weight is 346 g/mol. The van der Waals surface area contributed by atoms with Crippen LogP contribution in [0.15, 0.2) is 70.9 Å². The van der Waals surface area contributed by atoms with Crippen LogP contribution in [0.2, 0.25) is 0 Å². The van der Waals surface area contributed by atoms with E-state index in [1.807, 2.05) is 60.7 Å². The molecule has 2 aromatic rings. The predicted octanol–water partition coefficient (Wildman–Crippen LogP) is 3.06. The molecule has 0 aromatic heterocycles. The summed E-state index contributed by atoms with van der Waals surface area (Å²) >= 11 is 0. The molecule has 2 aliphatic heterocycles. The van der Waals surface area contributed by atoms with Crippen LogP contribution in [0, 0.1) is 11.8 Å². The molecule has 4 rings (SSSR count). The number of anilines is 2. The molecule has 0 radical (unpaired) electrons. The number of amides is 2. The quantitative estimate of drug-likeness (QED) is 0.857. The molecule has 6 nitrogen and oxygen atoms in total. The number of carbonyl (C=O) groups excluding carboxylic acids is 2. The molecule has 0 N–H and O–H groups in total. The summed E-state index contributed by atoms with van der Waals surface area (Å²) in [6.07, 6.45) is 0. The molecule has 2 heterocycles. The molecule has 0 saturated carbocycles. The maximum atomic E-state index is 13.0. The number of hydrogen-bond acceptors (Lipinski definition) is 4. The Bertz CT molecular complexity index is 844. The summed E-state index contributed by atoms with van der Waals surface area (Å²) in [6.45, 7) is 3.58. The van der Waals surface area contributed by atoms with Crippen LogP contribution in [-0.4, -0.2) is 23.2 Å². The summed E-state index contributed by atoms with van der Waals surface area (Å²) in [4.78, 5) is 26.0. The summed E-state index contributed by atoms with van der Waals surface area (Å²) in [6, 6.07) is 18.5. The van der Waals surface area contributed by atoms with E-state index in [-0.39, 0.29) is 11.8 Å². The molecular weight excluding hydrogens is 328 g/mol. The van der Waals surface area contributed by atoms with Crippen molar-refractivity contribution in [3.63, 3.8) is 0 Å². The molecule has 6 heteroatoms. The second kappa shape index (κ2) is 6.22. The molecule has 2 amide bonds. The van der Waals surface area contributed by atoms with Crippen molar-refractivity contribution in [2.24, 2.45) is 22.0 Å². The number of para-hydroxylation sites is 2. The van der Waals surface area contributed by atoms with Crippen LogP contribution < -0.4 is 10.0 Å². The van der Waals surface area contributed by atoms with Crippen LogP contribution in [0.3, 0.4) is 0 Å². The van der Waals surface area contributed by atoms with E-state index in [1.54, 1.807) is 13.8 Å². The number of nitrogens with zero attached hydrogens (tertiary/aromatic N) is 4. The van der Waals surface area contributed by atoms with Crippen molar-refractivity contribution in [3.05, 3.63) is 60.7 Å². The molecule has 0 saturated heterocycles. The Morgan fingerprint density at radius 2 is 1.00 bits per heavy atom. The highest BCUT2D eigenvalue weighted by atomic mass is 16.2. The minimum Gasteiger partial charge on any atom is -0.272 e. The zero-order valence-electron chi connectivity index (χ0n) is 14.5. The first-order valence-corrected chi connectivity index (χ1v) is 8.46. The Labute approximate surface area is 151 Å². The minimum absolute atomic E-state index is 0.198. The van der Waals surface area contributed by atoms with Crippen molar-refractivity contribution in [1.82, 2.24) is 0 Å². The number of carbonyl (C=O) groups is 2. The maximum absolute atomic E-state index is 13.0. The first kappa shape index (κ1) is 16.2. The number of hydrogen-bond donors (Lipinski definition) is 0. The largest absolute Gasteiger partial charge is 0.272 e. The molecule has 2 unspecified atom stereocenters. The van der Waals surface area contributed by atoms with E-state index in [0.717, 1.165) is 0 Å². The second-order valence-corrected chi connectivity index (χ2v) is 6.41. The van der Waals surface area contributed by atoms with Gasteiger partial charge < -0.3 is 0 Å². The van der Waals surface area contributed by atoms with Gasteiger partial charge in [0.25, 0.3) is 11.8 Å². The molecule has 2 aromatic carbocycles.